The minimum absolute atomic E-state index is 0.00976. The van der Waals surface area contributed by atoms with Gasteiger partial charge in [-0.1, -0.05) is 26.1 Å². The number of hydrogen-bond acceptors (Lipinski definition) is 3. The van der Waals surface area contributed by atoms with E-state index in [4.69, 9.17) is 22.7 Å². The summed E-state index contributed by atoms with van der Waals surface area (Å²) in [5, 5.41) is 2.84. The Balaban J connectivity index is 2.55. The smallest absolute Gasteiger partial charge is 0.227 e. The third-order valence-electron chi connectivity index (χ3n) is 2.56. The van der Waals surface area contributed by atoms with E-state index in [1.54, 1.807) is 24.3 Å². The van der Waals surface area contributed by atoms with Gasteiger partial charge in [-0.3, -0.25) is 4.79 Å². The fraction of sp³-hybridized carbons (Fsp3) is 0.385. The van der Waals surface area contributed by atoms with Crippen molar-refractivity contribution in [3.63, 3.8) is 0 Å². The molecular weight excluding hydrogens is 248 g/mol. The number of thiocarbonyl (C=S) groups is 1. The zero-order valence-electron chi connectivity index (χ0n) is 10.6. The first-order chi connectivity index (χ1) is 8.52. The summed E-state index contributed by atoms with van der Waals surface area (Å²) in [6.45, 7) is 4.10. The summed E-state index contributed by atoms with van der Waals surface area (Å²) in [5.74, 6) is 0.703. The number of ether oxygens (including phenoxy) is 1. The van der Waals surface area contributed by atoms with Gasteiger partial charge in [0.05, 0.1) is 0 Å². The lowest BCUT2D eigenvalue weighted by atomic mass is 10.1. The maximum absolute atomic E-state index is 11.7. The zero-order chi connectivity index (χ0) is 13.5. The average molecular weight is 266 g/mol. The van der Waals surface area contributed by atoms with Gasteiger partial charge in [-0.2, -0.15) is 0 Å². The van der Waals surface area contributed by atoms with Crippen molar-refractivity contribution in [1.29, 1.82) is 0 Å². The highest BCUT2D eigenvalue weighted by molar-refractivity contribution is 7.80. The Hall–Kier alpha value is -1.62. The van der Waals surface area contributed by atoms with E-state index in [1.165, 1.54) is 0 Å². The SMILES string of the molecule is CCC(C)C(=O)Nc1ccc(OCC(N)=S)cc1. The third kappa shape index (κ3) is 4.71. The molecule has 1 aromatic rings. The van der Waals surface area contributed by atoms with Gasteiger partial charge in [-0.05, 0) is 30.7 Å². The van der Waals surface area contributed by atoms with E-state index in [2.05, 4.69) is 5.32 Å². The lowest BCUT2D eigenvalue weighted by molar-refractivity contribution is -0.119. The quantitative estimate of drug-likeness (QED) is 0.776. The van der Waals surface area contributed by atoms with Gasteiger partial charge in [0.25, 0.3) is 0 Å². The molecule has 0 saturated heterocycles. The second-order valence-electron chi connectivity index (χ2n) is 4.08. The first kappa shape index (κ1) is 14.4. The van der Waals surface area contributed by atoms with E-state index in [-0.39, 0.29) is 18.4 Å². The second kappa shape index (κ2) is 6.96. The first-order valence-electron chi connectivity index (χ1n) is 5.85. The number of carbonyl (C=O) groups excluding carboxylic acids is 1. The molecule has 0 aliphatic heterocycles. The van der Waals surface area contributed by atoms with Gasteiger partial charge in [0.15, 0.2) is 0 Å². The van der Waals surface area contributed by atoms with Crippen LogP contribution in [0.15, 0.2) is 24.3 Å². The van der Waals surface area contributed by atoms with Crippen LogP contribution in [0.2, 0.25) is 0 Å². The number of hydrogen-bond donors (Lipinski definition) is 2. The normalized spacial score (nSPS) is 11.7. The van der Waals surface area contributed by atoms with Crippen LogP contribution in [0.1, 0.15) is 20.3 Å². The van der Waals surface area contributed by atoms with Gasteiger partial charge >= 0.3 is 0 Å². The van der Waals surface area contributed by atoms with Crippen molar-refractivity contribution in [2.45, 2.75) is 20.3 Å². The molecule has 0 aliphatic rings. The molecule has 0 bridgehead atoms. The summed E-state index contributed by atoms with van der Waals surface area (Å²) < 4.78 is 5.32. The van der Waals surface area contributed by atoms with Crippen LogP contribution in [0.25, 0.3) is 0 Å². The Bertz CT molecular complexity index is 418. The van der Waals surface area contributed by atoms with Crippen molar-refractivity contribution in [3.8, 4) is 5.75 Å². The maximum atomic E-state index is 11.7. The summed E-state index contributed by atoms with van der Waals surface area (Å²) in [4.78, 5) is 12.0. The van der Waals surface area contributed by atoms with Gasteiger partial charge in [0.1, 0.15) is 17.3 Å². The fourth-order valence-corrected chi connectivity index (χ4v) is 1.30. The molecule has 1 aromatic carbocycles. The molecule has 4 nitrogen and oxygen atoms in total. The van der Waals surface area contributed by atoms with Crippen molar-refractivity contribution >= 4 is 28.8 Å². The molecule has 0 fully saturated rings. The molecule has 0 saturated carbocycles. The Morgan fingerprint density at radius 2 is 2.06 bits per heavy atom. The van der Waals surface area contributed by atoms with Crippen LogP contribution in [0.5, 0.6) is 5.75 Å². The van der Waals surface area contributed by atoms with Crippen LogP contribution in [0.3, 0.4) is 0 Å². The van der Waals surface area contributed by atoms with Gasteiger partial charge in [0.2, 0.25) is 5.91 Å². The molecule has 0 aliphatic carbocycles. The van der Waals surface area contributed by atoms with E-state index in [0.29, 0.717) is 10.7 Å². The molecule has 98 valence electrons. The Labute approximate surface area is 113 Å². The van der Waals surface area contributed by atoms with Crippen LogP contribution < -0.4 is 15.8 Å². The maximum Gasteiger partial charge on any atom is 0.227 e. The summed E-state index contributed by atoms with van der Waals surface area (Å²) in [7, 11) is 0. The summed E-state index contributed by atoms with van der Waals surface area (Å²) in [6, 6.07) is 7.11. The molecular formula is C13H18N2O2S. The number of anilines is 1. The standard InChI is InChI=1S/C13H18N2O2S/c1-3-9(2)13(16)15-10-4-6-11(7-5-10)17-8-12(14)18/h4-7,9H,3,8H2,1-2H3,(H2,14,18)(H,15,16). The Kier molecular flexibility index (Phi) is 5.58. The number of carbonyl (C=O) groups is 1. The highest BCUT2D eigenvalue weighted by Gasteiger charge is 2.10. The van der Waals surface area contributed by atoms with E-state index in [9.17, 15) is 4.79 Å². The van der Waals surface area contributed by atoms with Crippen LogP contribution in [0.4, 0.5) is 5.69 Å². The molecule has 0 heterocycles. The minimum atomic E-state index is 0.00976. The molecule has 3 N–H and O–H groups in total. The molecule has 1 atom stereocenters. The average Bonchev–Trinajstić information content (AvgIpc) is 2.36. The Morgan fingerprint density at radius 1 is 1.44 bits per heavy atom. The van der Waals surface area contributed by atoms with E-state index in [0.717, 1.165) is 12.1 Å². The van der Waals surface area contributed by atoms with Crippen molar-refractivity contribution in [3.05, 3.63) is 24.3 Å². The zero-order valence-corrected chi connectivity index (χ0v) is 11.4. The van der Waals surface area contributed by atoms with Gasteiger partial charge in [-0.25, -0.2) is 0 Å². The minimum Gasteiger partial charge on any atom is -0.487 e. The van der Waals surface area contributed by atoms with Crippen molar-refractivity contribution in [2.24, 2.45) is 11.7 Å². The number of benzene rings is 1. The molecule has 0 spiro atoms. The largest absolute Gasteiger partial charge is 0.487 e. The van der Waals surface area contributed by atoms with Crippen molar-refractivity contribution in [2.75, 3.05) is 11.9 Å². The van der Waals surface area contributed by atoms with Gasteiger partial charge < -0.3 is 15.8 Å². The highest BCUT2D eigenvalue weighted by atomic mass is 32.1. The predicted octanol–water partition coefficient (Wildman–Crippen LogP) is 2.34. The molecule has 18 heavy (non-hydrogen) atoms. The molecule has 0 radical (unpaired) electrons. The second-order valence-corrected chi connectivity index (χ2v) is 4.60. The summed E-state index contributed by atoms with van der Waals surface area (Å²) >= 11 is 4.72. The van der Waals surface area contributed by atoms with Crippen LogP contribution in [-0.2, 0) is 4.79 Å². The van der Waals surface area contributed by atoms with Gasteiger partial charge in [0, 0.05) is 11.6 Å². The molecule has 5 heteroatoms. The molecule has 1 amide bonds. The monoisotopic (exact) mass is 266 g/mol. The molecule has 0 aromatic heterocycles. The highest BCUT2D eigenvalue weighted by Crippen LogP contribution is 2.16. The number of rotatable bonds is 6. The van der Waals surface area contributed by atoms with Crippen molar-refractivity contribution < 1.29 is 9.53 Å². The number of nitrogens with two attached hydrogens (primary N) is 1. The van der Waals surface area contributed by atoms with Crippen LogP contribution in [0, 0.1) is 5.92 Å². The Morgan fingerprint density at radius 3 is 2.56 bits per heavy atom. The summed E-state index contributed by atoms with van der Waals surface area (Å²) in [5.41, 5.74) is 6.09. The van der Waals surface area contributed by atoms with Gasteiger partial charge in [-0.15, -0.1) is 0 Å². The number of amides is 1. The van der Waals surface area contributed by atoms with Crippen LogP contribution in [-0.4, -0.2) is 17.5 Å². The number of nitrogens with one attached hydrogen (secondary N) is 1. The van der Waals surface area contributed by atoms with E-state index < -0.39 is 0 Å². The predicted molar refractivity (Wildman–Crippen MR) is 76.8 cm³/mol. The lowest BCUT2D eigenvalue weighted by Crippen LogP contribution is -2.19. The van der Waals surface area contributed by atoms with E-state index >= 15 is 0 Å². The summed E-state index contributed by atoms with van der Waals surface area (Å²) in [6.07, 6.45) is 0.820. The lowest BCUT2D eigenvalue weighted by Gasteiger charge is -2.10. The topological polar surface area (TPSA) is 64.3 Å². The van der Waals surface area contributed by atoms with Crippen LogP contribution >= 0.6 is 12.2 Å². The van der Waals surface area contributed by atoms with Crippen molar-refractivity contribution in [1.82, 2.24) is 0 Å². The molecule has 1 unspecified atom stereocenters. The fourth-order valence-electron chi connectivity index (χ4n) is 1.24. The molecule has 1 rings (SSSR count). The first-order valence-corrected chi connectivity index (χ1v) is 6.25. The van der Waals surface area contributed by atoms with E-state index in [1.807, 2.05) is 13.8 Å². The third-order valence-corrected chi connectivity index (χ3v) is 2.68.